The third kappa shape index (κ3) is 3.77. The maximum Gasteiger partial charge on any atom is 0.233 e. The standard InChI is InChI=1S/C20H29FN2O3/c1-22(9-10-26-2)11-15-12-23(13-16(15)14-24)19(25)20(7-8-20)17-5-3-4-6-18(17)21/h3-6,15-16,24H,7-14H2,1-2H3/t15-,16-/m1/s1. The molecule has 3 rings (SSSR count). The van der Waals surface area contributed by atoms with E-state index >= 15 is 0 Å². The Labute approximate surface area is 154 Å². The number of halogens is 1. The molecule has 0 unspecified atom stereocenters. The molecule has 0 aromatic heterocycles. The van der Waals surface area contributed by atoms with Gasteiger partial charge in [-0.05, 0) is 31.9 Å². The van der Waals surface area contributed by atoms with Gasteiger partial charge in [-0.3, -0.25) is 4.79 Å². The van der Waals surface area contributed by atoms with Gasteiger partial charge >= 0.3 is 0 Å². The summed E-state index contributed by atoms with van der Waals surface area (Å²) >= 11 is 0. The lowest BCUT2D eigenvalue weighted by Gasteiger charge is -2.25. The molecule has 1 amide bonds. The van der Waals surface area contributed by atoms with Crippen LogP contribution in [-0.2, 0) is 14.9 Å². The Balaban J connectivity index is 1.68. The first-order chi connectivity index (χ1) is 12.5. The number of rotatable bonds is 8. The zero-order valence-electron chi connectivity index (χ0n) is 15.7. The number of hydrogen-bond acceptors (Lipinski definition) is 4. The lowest BCUT2D eigenvalue weighted by atomic mass is 9.94. The number of amides is 1. The Morgan fingerprint density at radius 1 is 1.35 bits per heavy atom. The van der Waals surface area contributed by atoms with E-state index in [2.05, 4.69) is 4.90 Å². The summed E-state index contributed by atoms with van der Waals surface area (Å²) in [6, 6.07) is 6.61. The zero-order valence-corrected chi connectivity index (χ0v) is 15.7. The van der Waals surface area contributed by atoms with Crippen molar-refractivity contribution in [1.82, 2.24) is 9.80 Å². The fourth-order valence-electron chi connectivity index (χ4n) is 4.13. The summed E-state index contributed by atoms with van der Waals surface area (Å²) in [7, 11) is 3.71. The van der Waals surface area contributed by atoms with Crippen LogP contribution in [0.1, 0.15) is 18.4 Å². The van der Waals surface area contributed by atoms with Crippen LogP contribution in [0.3, 0.4) is 0 Å². The van der Waals surface area contributed by atoms with Gasteiger partial charge in [0.15, 0.2) is 0 Å². The molecule has 26 heavy (non-hydrogen) atoms. The minimum absolute atomic E-state index is 0.0168. The van der Waals surface area contributed by atoms with Crippen LogP contribution < -0.4 is 0 Å². The number of methoxy groups -OCH3 is 1. The number of carbonyl (C=O) groups excluding carboxylic acids is 1. The van der Waals surface area contributed by atoms with Crippen LogP contribution in [0.25, 0.3) is 0 Å². The lowest BCUT2D eigenvalue weighted by Crippen LogP contribution is -2.39. The molecule has 1 saturated heterocycles. The van der Waals surface area contributed by atoms with Gasteiger partial charge in [0.2, 0.25) is 5.91 Å². The molecule has 5 nitrogen and oxygen atoms in total. The SMILES string of the molecule is COCCN(C)C[C@@H]1CN(C(=O)C2(c3ccccc3F)CC2)C[C@@H]1CO. The lowest BCUT2D eigenvalue weighted by molar-refractivity contribution is -0.133. The van der Waals surface area contributed by atoms with Gasteiger partial charge in [0.05, 0.1) is 12.0 Å². The van der Waals surface area contributed by atoms with E-state index in [9.17, 15) is 14.3 Å². The van der Waals surface area contributed by atoms with Crippen LogP contribution in [0.2, 0.25) is 0 Å². The molecule has 1 aromatic rings. The van der Waals surface area contributed by atoms with E-state index in [1.54, 1.807) is 25.3 Å². The van der Waals surface area contributed by atoms with Crippen LogP contribution in [-0.4, -0.2) is 74.4 Å². The quantitative estimate of drug-likeness (QED) is 0.760. The van der Waals surface area contributed by atoms with Gasteiger partial charge in [-0.15, -0.1) is 0 Å². The number of benzene rings is 1. The molecular formula is C20H29FN2O3. The van der Waals surface area contributed by atoms with E-state index < -0.39 is 5.41 Å². The molecule has 2 aliphatic rings. The third-order valence-corrected chi connectivity index (χ3v) is 5.87. The van der Waals surface area contributed by atoms with Crippen LogP contribution in [0.4, 0.5) is 4.39 Å². The normalized spacial score (nSPS) is 24.3. The van der Waals surface area contributed by atoms with Gasteiger partial charge in [0.1, 0.15) is 5.82 Å². The van der Waals surface area contributed by atoms with Gasteiger partial charge in [-0.1, -0.05) is 18.2 Å². The van der Waals surface area contributed by atoms with Gasteiger partial charge in [0.25, 0.3) is 0 Å². The maximum atomic E-state index is 14.3. The first kappa shape index (κ1) is 19.3. The number of ether oxygens (including phenoxy) is 1. The predicted molar refractivity (Wildman–Crippen MR) is 97.3 cm³/mol. The second kappa shape index (κ2) is 8.03. The average Bonchev–Trinajstić information content (AvgIpc) is 3.34. The fraction of sp³-hybridized carbons (Fsp3) is 0.650. The van der Waals surface area contributed by atoms with E-state index in [0.717, 1.165) is 13.1 Å². The van der Waals surface area contributed by atoms with Crippen molar-refractivity contribution < 1.29 is 19.0 Å². The largest absolute Gasteiger partial charge is 0.396 e. The van der Waals surface area contributed by atoms with Crippen molar-refractivity contribution in [3.63, 3.8) is 0 Å². The van der Waals surface area contributed by atoms with Crippen molar-refractivity contribution in [3.05, 3.63) is 35.6 Å². The Hall–Kier alpha value is -1.50. The molecule has 0 radical (unpaired) electrons. The summed E-state index contributed by atoms with van der Waals surface area (Å²) < 4.78 is 19.4. The number of hydrogen-bond donors (Lipinski definition) is 1. The molecule has 0 bridgehead atoms. The van der Waals surface area contributed by atoms with Crippen LogP contribution in [0.15, 0.2) is 24.3 Å². The highest BCUT2D eigenvalue weighted by Crippen LogP contribution is 2.51. The average molecular weight is 364 g/mol. The van der Waals surface area contributed by atoms with Crippen molar-refractivity contribution in [3.8, 4) is 0 Å². The molecule has 1 aliphatic carbocycles. The molecule has 6 heteroatoms. The first-order valence-electron chi connectivity index (χ1n) is 9.34. The van der Waals surface area contributed by atoms with Crippen molar-refractivity contribution in [2.24, 2.45) is 11.8 Å². The fourth-order valence-corrected chi connectivity index (χ4v) is 4.13. The van der Waals surface area contributed by atoms with Crippen LogP contribution in [0.5, 0.6) is 0 Å². The Morgan fingerprint density at radius 2 is 2.04 bits per heavy atom. The highest BCUT2D eigenvalue weighted by molar-refractivity contribution is 5.91. The third-order valence-electron chi connectivity index (χ3n) is 5.87. The van der Waals surface area contributed by atoms with E-state index in [0.29, 0.717) is 38.1 Å². The molecule has 144 valence electrons. The first-order valence-corrected chi connectivity index (χ1v) is 9.34. The van der Waals surface area contributed by atoms with E-state index in [1.807, 2.05) is 11.9 Å². The summed E-state index contributed by atoms with van der Waals surface area (Å²) in [6.07, 6.45) is 1.40. The summed E-state index contributed by atoms with van der Waals surface area (Å²) in [6.45, 7) is 3.53. The Morgan fingerprint density at radius 3 is 2.65 bits per heavy atom. The molecule has 1 saturated carbocycles. The summed E-state index contributed by atoms with van der Waals surface area (Å²) in [5.41, 5.74) is -0.173. The number of likely N-dealkylation sites (N-methyl/N-ethyl adjacent to an activating group) is 1. The van der Waals surface area contributed by atoms with Gasteiger partial charge < -0.3 is 19.6 Å². The second-order valence-corrected chi connectivity index (χ2v) is 7.73. The molecule has 2 atom stereocenters. The van der Waals surface area contributed by atoms with Crippen molar-refractivity contribution in [1.29, 1.82) is 0 Å². The van der Waals surface area contributed by atoms with E-state index in [-0.39, 0.29) is 30.2 Å². The van der Waals surface area contributed by atoms with E-state index in [1.165, 1.54) is 6.07 Å². The molecule has 1 heterocycles. The maximum absolute atomic E-state index is 14.3. The second-order valence-electron chi connectivity index (χ2n) is 7.73. The predicted octanol–water partition coefficient (Wildman–Crippen LogP) is 1.50. The van der Waals surface area contributed by atoms with Crippen LogP contribution in [0, 0.1) is 17.7 Å². The topological polar surface area (TPSA) is 53.0 Å². The van der Waals surface area contributed by atoms with Gasteiger partial charge in [0, 0.05) is 51.4 Å². The molecule has 1 aliphatic heterocycles. The summed E-state index contributed by atoms with van der Waals surface area (Å²) in [5, 5.41) is 9.76. The Bertz CT molecular complexity index is 635. The highest BCUT2D eigenvalue weighted by Gasteiger charge is 2.55. The summed E-state index contributed by atoms with van der Waals surface area (Å²) in [5.74, 6) is 0.0118. The van der Waals surface area contributed by atoms with Gasteiger partial charge in [-0.25, -0.2) is 4.39 Å². The summed E-state index contributed by atoms with van der Waals surface area (Å²) in [4.78, 5) is 17.2. The highest BCUT2D eigenvalue weighted by atomic mass is 19.1. The van der Waals surface area contributed by atoms with Crippen molar-refractivity contribution >= 4 is 5.91 Å². The molecule has 1 aromatic carbocycles. The van der Waals surface area contributed by atoms with Crippen molar-refractivity contribution in [2.45, 2.75) is 18.3 Å². The van der Waals surface area contributed by atoms with E-state index in [4.69, 9.17) is 4.74 Å². The van der Waals surface area contributed by atoms with Crippen molar-refractivity contribution in [2.75, 3.05) is 53.6 Å². The minimum atomic E-state index is -0.692. The zero-order chi connectivity index (χ0) is 18.7. The number of aliphatic hydroxyl groups excluding tert-OH is 1. The number of likely N-dealkylation sites (tertiary alicyclic amines) is 1. The number of aliphatic hydroxyl groups is 1. The molecule has 0 spiro atoms. The molecular weight excluding hydrogens is 335 g/mol. The minimum Gasteiger partial charge on any atom is -0.396 e. The van der Waals surface area contributed by atoms with Gasteiger partial charge in [-0.2, -0.15) is 0 Å². The smallest absolute Gasteiger partial charge is 0.233 e. The molecule has 2 fully saturated rings. The monoisotopic (exact) mass is 364 g/mol. The number of carbonyl (C=O) groups is 1. The van der Waals surface area contributed by atoms with Crippen LogP contribution >= 0.6 is 0 Å². The number of nitrogens with zero attached hydrogens (tertiary/aromatic N) is 2. The molecule has 1 N–H and O–H groups in total. The Kier molecular flexibility index (Phi) is 5.95.